The van der Waals surface area contributed by atoms with Crippen molar-refractivity contribution in [2.24, 2.45) is 17.8 Å². The molecule has 3 heterocycles. The van der Waals surface area contributed by atoms with E-state index in [9.17, 15) is 9.90 Å². The normalized spacial score (nSPS) is 33.9. The Balaban J connectivity index is 1.44. The van der Waals surface area contributed by atoms with E-state index >= 15 is 0 Å². The van der Waals surface area contributed by atoms with Crippen LogP contribution in [0.4, 0.5) is 0 Å². The van der Waals surface area contributed by atoms with E-state index in [1.54, 1.807) is 6.26 Å². The zero-order chi connectivity index (χ0) is 20.5. The quantitative estimate of drug-likeness (QED) is 0.734. The van der Waals surface area contributed by atoms with Crippen molar-refractivity contribution in [2.45, 2.75) is 32.5 Å². The van der Waals surface area contributed by atoms with E-state index in [0.717, 1.165) is 50.0 Å². The van der Waals surface area contributed by atoms with Gasteiger partial charge in [0.25, 0.3) is 0 Å². The van der Waals surface area contributed by atoms with Gasteiger partial charge in [-0.05, 0) is 19.3 Å². The summed E-state index contributed by atoms with van der Waals surface area (Å²) in [6, 6.07) is 0. The SMILES string of the molecule is Cc1csc(C2=COC3C(CC(CN4CCN(CCO)CC4)C(O)C3C)C2=O)n1. The first-order valence-corrected chi connectivity index (χ1v) is 11.4. The molecular formula is C21H31N3O4S. The maximum Gasteiger partial charge on any atom is 0.175 e. The zero-order valence-electron chi connectivity index (χ0n) is 17.2. The predicted molar refractivity (Wildman–Crippen MR) is 111 cm³/mol. The fraction of sp³-hybridized carbons (Fsp3) is 0.714. The number of hydrogen-bond donors (Lipinski definition) is 2. The van der Waals surface area contributed by atoms with E-state index in [4.69, 9.17) is 9.84 Å². The van der Waals surface area contributed by atoms with Gasteiger partial charge in [0.1, 0.15) is 11.1 Å². The lowest BCUT2D eigenvalue weighted by molar-refractivity contribution is -0.138. The molecule has 8 heteroatoms. The molecule has 0 bridgehead atoms. The topological polar surface area (TPSA) is 86.1 Å². The predicted octanol–water partition coefficient (Wildman–Crippen LogP) is 1.00. The molecule has 7 nitrogen and oxygen atoms in total. The second-order valence-electron chi connectivity index (χ2n) is 8.61. The van der Waals surface area contributed by atoms with Crippen molar-refractivity contribution in [2.75, 3.05) is 45.9 Å². The molecule has 1 aliphatic carbocycles. The molecule has 0 spiro atoms. The average Bonchev–Trinajstić information content (AvgIpc) is 3.14. The van der Waals surface area contributed by atoms with Crippen LogP contribution >= 0.6 is 11.3 Å². The molecule has 1 saturated heterocycles. The summed E-state index contributed by atoms with van der Waals surface area (Å²) in [6.07, 6.45) is 1.47. The van der Waals surface area contributed by atoms with E-state index < -0.39 is 6.10 Å². The standard InChI is InChI=1S/C21H31N3O4S/c1-13-12-29-21(22-13)17-11-28-20-14(2)18(26)15(9-16(20)19(17)27)10-24-5-3-23(4-6-24)7-8-25/h11-12,14-16,18,20,25-26H,3-10H2,1-2H3. The Kier molecular flexibility index (Phi) is 6.36. The molecule has 5 unspecified atom stereocenters. The first-order chi connectivity index (χ1) is 14.0. The number of allylic oxidation sites excluding steroid dienone is 1. The van der Waals surface area contributed by atoms with Crippen molar-refractivity contribution in [1.82, 2.24) is 14.8 Å². The minimum Gasteiger partial charge on any atom is -0.496 e. The van der Waals surface area contributed by atoms with Crippen molar-refractivity contribution >= 4 is 22.7 Å². The fourth-order valence-corrected chi connectivity index (χ4v) is 5.76. The highest BCUT2D eigenvalue weighted by atomic mass is 32.1. The molecular weight excluding hydrogens is 390 g/mol. The van der Waals surface area contributed by atoms with Gasteiger partial charge in [0, 0.05) is 56.3 Å². The molecule has 0 aromatic carbocycles. The van der Waals surface area contributed by atoms with Crippen LogP contribution in [0.3, 0.4) is 0 Å². The molecule has 1 aromatic rings. The fourth-order valence-electron chi connectivity index (χ4n) is 4.95. The number of ether oxygens (including phenoxy) is 1. The first-order valence-electron chi connectivity index (χ1n) is 10.5. The minimum atomic E-state index is -0.475. The number of piperazine rings is 1. The van der Waals surface area contributed by atoms with Crippen molar-refractivity contribution in [3.8, 4) is 0 Å². The van der Waals surface area contributed by atoms with Gasteiger partial charge < -0.3 is 19.8 Å². The van der Waals surface area contributed by atoms with Gasteiger partial charge in [0.15, 0.2) is 5.78 Å². The van der Waals surface area contributed by atoms with Crippen molar-refractivity contribution < 1.29 is 19.7 Å². The zero-order valence-corrected chi connectivity index (χ0v) is 18.0. The molecule has 1 saturated carbocycles. The molecule has 3 aliphatic rings. The number of carbonyl (C=O) groups excluding carboxylic acids is 1. The van der Waals surface area contributed by atoms with Crippen LogP contribution in [-0.4, -0.2) is 88.9 Å². The van der Waals surface area contributed by atoms with Gasteiger partial charge in [-0.3, -0.25) is 9.69 Å². The number of nitrogens with zero attached hydrogens (tertiary/aromatic N) is 3. The van der Waals surface area contributed by atoms with Crippen LogP contribution in [0.1, 0.15) is 24.0 Å². The Morgan fingerprint density at radius 3 is 2.66 bits per heavy atom. The third-order valence-corrected chi connectivity index (χ3v) is 7.66. The maximum absolute atomic E-state index is 13.3. The average molecular weight is 422 g/mol. The van der Waals surface area contributed by atoms with Gasteiger partial charge in [-0.1, -0.05) is 6.92 Å². The van der Waals surface area contributed by atoms with Gasteiger partial charge in [-0.25, -0.2) is 4.98 Å². The van der Waals surface area contributed by atoms with E-state index in [0.29, 0.717) is 12.0 Å². The number of fused-ring (bicyclic) bond motifs is 1. The Morgan fingerprint density at radius 1 is 1.28 bits per heavy atom. The molecule has 2 aliphatic heterocycles. The van der Waals surface area contributed by atoms with Gasteiger partial charge in [0.2, 0.25) is 0 Å². The minimum absolute atomic E-state index is 0.0561. The Bertz CT molecular complexity index is 759. The highest BCUT2D eigenvalue weighted by molar-refractivity contribution is 7.11. The molecule has 0 radical (unpaired) electrons. The number of ketones is 1. The molecule has 0 amide bonds. The van der Waals surface area contributed by atoms with Crippen LogP contribution in [-0.2, 0) is 9.53 Å². The number of β-amino-alcohol motifs (C(OH)–C–C–N with tert-alkyl or cyclic N) is 1. The Hall–Kier alpha value is -1.32. The summed E-state index contributed by atoms with van der Waals surface area (Å²) >= 11 is 1.47. The van der Waals surface area contributed by atoms with E-state index in [1.165, 1.54) is 11.3 Å². The van der Waals surface area contributed by atoms with Gasteiger partial charge in [0.05, 0.1) is 30.5 Å². The van der Waals surface area contributed by atoms with Crippen LogP contribution in [0.15, 0.2) is 11.6 Å². The van der Waals surface area contributed by atoms with E-state index in [2.05, 4.69) is 14.8 Å². The lowest BCUT2D eigenvalue weighted by Crippen LogP contribution is -2.55. The van der Waals surface area contributed by atoms with Crippen LogP contribution in [0.2, 0.25) is 0 Å². The summed E-state index contributed by atoms with van der Waals surface area (Å²) in [7, 11) is 0. The van der Waals surface area contributed by atoms with Crippen LogP contribution in [0.5, 0.6) is 0 Å². The molecule has 4 rings (SSSR count). The number of aliphatic hydroxyl groups is 2. The smallest absolute Gasteiger partial charge is 0.175 e. The first kappa shape index (κ1) is 20.9. The second kappa shape index (κ2) is 8.81. The Morgan fingerprint density at radius 2 is 2.00 bits per heavy atom. The number of carbonyl (C=O) groups is 1. The van der Waals surface area contributed by atoms with Gasteiger partial charge >= 0.3 is 0 Å². The highest BCUT2D eigenvalue weighted by Crippen LogP contribution is 2.42. The number of rotatable bonds is 5. The van der Waals surface area contributed by atoms with Crippen LogP contribution in [0, 0.1) is 24.7 Å². The lowest BCUT2D eigenvalue weighted by Gasteiger charge is -2.46. The number of aryl methyl sites for hydroxylation is 1. The third-order valence-electron chi connectivity index (χ3n) is 6.66. The molecule has 29 heavy (non-hydrogen) atoms. The monoisotopic (exact) mass is 421 g/mol. The molecule has 2 N–H and O–H groups in total. The van der Waals surface area contributed by atoms with E-state index in [-0.39, 0.29) is 36.2 Å². The molecule has 1 aromatic heterocycles. The summed E-state index contributed by atoms with van der Waals surface area (Å²) in [5, 5.41) is 22.7. The number of aromatic nitrogens is 1. The summed E-state index contributed by atoms with van der Waals surface area (Å²) in [6.45, 7) is 9.35. The van der Waals surface area contributed by atoms with Crippen molar-refractivity contribution in [3.05, 3.63) is 22.3 Å². The highest BCUT2D eigenvalue weighted by Gasteiger charge is 2.49. The van der Waals surface area contributed by atoms with Crippen LogP contribution in [0.25, 0.3) is 5.57 Å². The number of thiazole rings is 1. The Labute approximate surface area is 176 Å². The van der Waals surface area contributed by atoms with Crippen molar-refractivity contribution in [3.63, 3.8) is 0 Å². The maximum atomic E-state index is 13.3. The molecule has 160 valence electrons. The van der Waals surface area contributed by atoms with Crippen molar-refractivity contribution in [1.29, 1.82) is 0 Å². The number of hydrogen-bond acceptors (Lipinski definition) is 8. The largest absolute Gasteiger partial charge is 0.496 e. The van der Waals surface area contributed by atoms with Gasteiger partial charge in [-0.15, -0.1) is 11.3 Å². The third kappa shape index (κ3) is 4.27. The second-order valence-corrected chi connectivity index (χ2v) is 9.47. The number of aliphatic hydroxyl groups excluding tert-OH is 2. The number of Topliss-reactive ketones (excluding diaryl/α,β-unsaturated/α-hetero) is 1. The lowest BCUT2D eigenvalue weighted by atomic mass is 9.68. The summed E-state index contributed by atoms with van der Waals surface area (Å²) in [5.74, 6) is -0.153. The van der Waals surface area contributed by atoms with E-state index in [1.807, 2.05) is 19.2 Å². The summed E-state index contributed by atoms with van der Waals surface area (Å²) < 4.78 is 5.97. The summed E-state index contributed by atoms with van der Waals surface area (Å²) in [5.41, 5.74) is 1.48. The van der Waals surface area contributed by atoms with Crippen LogP contribution < -0.4 is 0 Å². The summed E-state index contributed by atoms with van der Waals surface area (Å²) in [4.78, 5) is 22.4. The molecule has 5 atom stereocenters. The molecule has 2 fully saturated rings. The van der Waals surface area contributed by atoms with Gasteiger partial charge in [-0.2, -0.15) is 0 Å².